The number of tetrazole rings is 1. The van der Waals surface area contributed by atoms with Crippen molar-refractivity contribution in [1.29, 1.82) is 0 Å². The number of benzene rings is 2. The quantitative estimate of drug-likeness (QED) is 0.178. The minimum absolute atomic E-state index is 0.0601. The molecule has 1 N–H and O–H groups in total. The highest BCUT2D eigenvalue weighted by atomic mass is 16.6. The average molecular weight is 543 g/mol. The Bertz CT molecular complexity index is 1610. The zero-order valence-electron chi connectivity index (χ0n) is 21.7. The van der Waals surface area contributed by atoms with Gasteiger partial charge in [0.15, 0.2) is 5.82 Å². The molecule has 0 saturated carbocycles. The molecule has 0 fully saturated rings. The molecule has 5 aromatic rings. The van der Waals surface area contributed by atoms with Gasteiger partial charge in [-0.15, -0.1) is 5.10 Å². The molecular weight excluding hydrogens is 516 g/mol. The predicted octanol–water partition coefficient (Wildman–Crippen LogP) is 4.24. The van der Waals surface area contributed by atoms with Gasteiger partial charge in [0.05, 0.1) is 11.5 Å². The van der Waals surface area contributed by atoms with Gasteiger partial charge in [-0.3, -0.25) is 10.1 Å². The zero-order valence-corrected chi connectivity index (χ0v) is 21.7. The van der Waals surface area contributed by atoms with E-state index in [1.54, 1.807) is 12.1 Å². The summed E-state index contributed by atoms with van der Waals surface area (Å²) in [6.07, 6.45) is 4.40. The third-order valence-electron chi connectivity index (χ3n) is 6.47. The van der Waals surface area contributed by atoms with Crippen molar-refractivity contribution in [1.82, 2.24) is 40.0 Å². The van der Waals surface area contributed by atoms with Crippen LogP contribution in [0.15, 0.2) is 60.7 Å². The summed E-state index contributed by atoms with van der Waals surface area (Å²) in [7, 11) is 0. The average Bonchev–Trinajstić information content (AvgIpc) is 3.70. The van der Waals surface area contributed by atoms with Crippen LogP contribution in [0.4, 0.5) is 11.5 Å². The number of nitro groups is 2. The Labute approximate surface area is 228 Å². The van der Waals surface area contributed by atoms with Gasteiger partial charge < -0.3 is 10.1 Å². The molecule has 14 nitrogen and oxygen atoms in total. The maximum Gasteiger partial charge on any atom is 0.335 e. The van der Waals surface area contributed by atoms with Gasteiger partial charge in [-0.1, -0.05) is 55.8 Å². The standard InChI is InChI=1S/C26H26N10O4/c1-2-3-9-23-27-22(15-12-18-7-5-4-6-8-18)30-33(23)17-19-10-13-20(14-11-19)34-24(36(39)40)16-21(35(37)38)25(34)26-28-31-32-29-26/h4-8,10-11,13-14,16H,2-3,9,12,15,17H2,1H3,(H,28,29,31,32). The van der Waals surface area contributed by atoms with Crippen LogP contribution in [0.25, 0.3) is 17.2 Å². The topological polar surface area (TPSA) is 176 Å². The fourth-order valence-corrected chi connectivity index (χ4v) is 4.51. The third kappa shape index (κ3) is 5.60. The zero-order chi connectivity index (χ0) is 28.1. The molecule has 0 spiro atoms. The van der Waals surface area contributed by atoms with Gasteiger partial charge in [0, 0.05) is 12.8 Å². The van der Waals surface area contributed by atoms with Crippen molar-refractivity contribution < 1.29 is 9.85 Å². The fraction of sp³-hybridized carbons (Fsp3) is 0.269. The number of H-pyrrole nitrogens is 1. The monoisotopic (exact) mass is 542 g/mol. The van der Waals surface area contributed by atoms with Gasteiger partial charge in [-0.05, 0) is 51.5 Å². The number of rotatable bonds is 12. The van der Waals surface area contributed by atoms with Crippen LogP contribution in [0.1, 0.15) is 42.5 Å². The van der Waals surface area contributed by atoms with E-state index in [0.717, 1.165) is 59.9 Å². The lowest BCUT2D eigenvalue weighted by atomic mass is 10.1. The minimum atomic E-state index is -0.701. The van der Waals surface area contributed by atoms with Crippen LogP contribution < -0.4 is 0 Å². The SMILES string of the molecule is CCCCc1nc(CCc2ccccc2)nn1Cc1ccc(-n2c([N+](=O)[O-])cc([N+](=O)[O-])c2-c2nnn[nH]2)cc1. The number of aryl methyl sites for hydroxylation is 3. The molecule has 0 amide bonds. The Hall–Kier alpha value is -5.27. The van der Waals surface area contributed by atoms with Crippen molar-refractivity contribution >= 4 is 11.5 Å². The van der Waals surface area contributed by atoms with Crippen LogP contribution in [-0.4, -0.2) is 49.8 Å². The fourth-order valence-electron chi connectivity index (χ4n) is 4.51. The molecule has 0 saturated heterocycles. The van der Waals surface area contributed by atoms with Crippen molar-refractivity contribution in [3.8, 4) is 17.2 Å². The first-order chi connectivity index (χ1) is 19.4. The van der Waals surface area contributed by atoms with Crippen LogP contribution in [0.2, 0.25) is 0 Å². The molecule has 5 rings (SSSR count). The summed E-state index contributed by atoms with van der Waals surface area (Å²) < 4.78 is 3.06. The molecule has 0 aliphatic heterocycles. The lowest BCUT2D eigenvalue weighted by Gasteiger charge is -2.08. The van der Waals surface area contributed by atoms with Crippen LogP contribution in [-0.2, 0) is 25.8 Å². The lowest BCUT2D eigenvalue weighted by Crippen LogP contribution is -2.08. The minimum Gasteiger partial charge on any atom is -0.358 e. The molecule has 204 valence electrons. The Morgan fingerprint density at radius 3 is 2.35 bits per heavy atom. The van der Waals surface area contributed by atoms with Crippen molar-refractivity contribution in [2.24, 2.45) is 0 Å². The number of hydrogen-bond acceptors (Lipinski definition) is 9. The van der Waals surface area contributed by atoms with E-state index in [9.17, 15) is 20.2 Å². The number of hydrogen-bond donors (Lipinski definition) is 1. The maximum atomic E-state index is 11.8. The number of nitrogens with zero attached hydrogens (tertiary/aromatic N) is 9. The number of aromatic amines is 1. The number of nitrogens with one attached hydrogen (secondary N) is 1. The Kier molecular flexibility index (Phi) is 7.66. The summed E-state index contributed by atoms with van der Waals surface area (Å²) in [4.78, 5) is 26.9. The molecule has 14 heteroatoms. The van der Waals surface area contributed by atoms with Gasteiger partial charge in [0.1, 0.15) is 17.6 Å². The summed E-state index contributed by atoms with van der Waals surface area (Å²) in [6, 6.07) is 18.0. The Balaban J connectivity index is 1.43. The van der Waals surface area contributed by atoms with Gasteiger partial charge in [-0.2, -0.15) is 9.67 Å². The van der Waals surface area contributed by atoms with Crippen molar-refractivity contribution in [3.63, 3.8) is 0 Å². The first kappa shape index (κ1) is 26.3. The summed E-state index contributed by atoms with van der Waals surface area (Å²) in [5.41, 5.74) is 1.87. The molecule has 3 aromatic heterocycles. The van der Waals surface area contributed by atoms with Crippen molar-refractivity contribution in [3.05, 3.63) is 104 Å². The summed E-state index contributed by atoms with van der Waals surface area (Å²) >= 11 is 0. The number of unbranched alkanes of at least 4 members (excludes halogenated alkanes) is 1. The maximum absolute atomic E-state index is 11.8. The van der Waals surface area contributed by atoms with Gasteiger partial charge in [0.2, 0.25) is 5.82 Å². The van der Waals surface area contributed by atoms with Crippen molar-refractivity contribution in [2.75, 3.05) is 0 Å². The molecule has 0 atom stereocenters. The highest BCUT2D eigenvalue weighted by molar-refractivity contribution is 5.72. The van der Waals surface area contributed by atoms with Gasteiger partial charge in [-0.25, -0.2) is 14.8 Å². The number of aromatic nitrogens is 8. The first-order valence-electron chi connectivity index (χ1n) is 12.8. The highest BCUT2D eigenvalue weighted by Crippen LogP contribution is 2.37. The second-order valence-corrected chi connectivity index (χ2v) is 9.19. The van der Waals surface area contributed by atoms with Crippen LogP contribution in [0, 0.1) is 20.2 Å². The molecule has 2 aromatic carbocycles. The predicted molar refractivity (Wildman–Crippen MR) is 144 cm³/mol. The summed E-state index contributed by atoms with van der Waals surface area (Å²) in [6.45, 7) is 2.59. The Morgan fingerprint density at radius 1 is 0.925 bits per heavy atom. The van der Waals surface area contributed by atoms with Crippen molar-refractivity contribution in [2.45, 2.75) is 45.6 Å². The second-order valence-electron chi connectivity index (χ2n) is 9.19. The molecule has 0 aliphatic rings. The van der Waals surface area contributed by atoms with E-state index in [2.05, 4.69) is 39.7 Å². The largest absolute Gasteiger partial charge is 0.358 e. The third-order valence-corrected chi connectivity index (χ3v) is 6.47. The van der Waals surface area contributed by atoms with Crippen LogP contribution in [0.5, 0.6) is 0 Å². The van der Waals surface area contributed by atoms with E-state index in [1.165, 1.54) is 5.56 Å². The van der Waals surface area contributed by atoms with Crippen LogP contribution >= 0.6 is 0 Å². The van der Waals surface area contributed by atoms with E-state index in [4.69, 9.17) is 10.1 Å². The van der Waals surface area contributed by atoms with E-state index in [0.29, 0.717) is 12.2 Å². The Morgan fingerprint density at radius 2 is 1.70 bits per heavy atom. The van der Waals surface area contributed by atoms with E-state index >= 15 is 0 Å². The molecular formula is C26H26N10O4. The first-order valence-corrected chi connectivity index (χ1v) is 12.8. The van der Waals surface area contributed by atoms with Gasteiger partial charge >= 0.3 is 11.5 Å². The van der Waals surface area contributed by atoms with E-state index in [-0.39, 0.29) is 11.5 Å². The van der Waals surface area contributed by atoms with Gasteiger partial charge in [0.25, 0.3) is 5.69 Å². The molecule has 0 aliphatic carbocycles. The summed E-state index contributed by atoms with van der Waals surface area (Å²) in [5.74, 6) is 1.15. The highest BCUT2D eigenvalue weighted by Gasteiger charge is 2.35. The second kappa shape index (κ2) is 11.6. The normalized spacial score (nSPS) is 11.1. The molecule has 40 heavy (non-hydrogen) atoms. The van der Waals surface area contributed by atoms with E-state index in [1.807, 2.05) is 35.0 Å². The smallest absolute Gasteiger partial charge is 0.335 e. The molecule has 3 heterocycles. The molecule has 0 unspecified atom stereocenters. The summed E-state index contributed by atoms with van der Waals surface area (Å²) in [5, 5.41) is 41.4. The van der Waals surface area contributed by atoms with E-state index < -0.39 is 21.4 Å². The van der Waals surface area contributed by atoms with Crippen LogP contribution in [0.3, 0.4) is 0 Å². The molecule has 0 bridgehead atoms. The molecule has 0 radical (unpaired) electrons. The lowest BCUT2D eigenvalue weighted by molar-refractivity contribution is -0.394.